The summed E-state index contributed by atoms with van der Waals surface area (Å²) >= 11 is 0. The molecular formula is C17H24N2O3. The van der Waals surface area contributed by atoms with Crippen LogP contribution in [0.3, 0.4) is 0 Å². The molecule has 1 fully saturated rings. The zero-order valence-corrected chi connectivity index (χ0v) is 13.3. The maximum atomic E-state index is 12.4. The van der Waals surface area contributed by atoms with E-state index in [1.54, 1.807) is 7.11 Å². The van der Waals surface area contributed by atoms with Crippen LogP contribution in [0.25, 0.3) is 0 Å². The van der Waals surface area contributed by atoms with Crippen LogP contribution >= 0.6 is 0 Å². The van der Waals surface area contributed by atoms with Crippen LogP contribution in [-0.2, 0) is 9.59 Å². The molecule has 1 aromatic rings. The number of carbonyl (C=O) groups excluding carboxylic acids is 2. The van der Waals surface area contributed by atoms with Crippen molar-refractivity contribution in [2.24, 2.45) is 5.92 Å². The Morgan fingerprint density at radius 3 is 2.59 bits per heavy atom. The SMILES string of the molecule is CCCC(=O)N1CCC(C(=O)Nc2ccccc2OC)CC1. The fourth-order valence-electron chi connectivity index (χ4n) is 2.75. The summed E-state index contributed by atoms with van der Waals surface area (Å²) in [4.78, 5) is 26.1. The summed E-state index contributed by atoms with van der Waals surface area (Å²) in [5.41, 5.74) is 0.694. The molecule has 0 atom stereocenters. The average Bonchev–Trinajstić information content (AvgIpc) is 2.55. The third-order valence-electron chi connectivity index (χ3n) is 4.05. The Labute approximate surface area is 131 Å². The van der Waals surface area contributed by atoms with Crippen LogP contribution in [-0.4, -0.2) is 36.9 Å². The van der Waals surface area contributed by atoms with E-state index in [-0.39, 0.29) is 17.7 Å². The van der Waals surface area contributed by atoms with Crippen molar-refractivity contribution in [3.05, 3.63) is 24.3 Å². The van der Waals surface area contributed by atoms with Gasteiger partial charge in [0.1, 0.15) is 5.75 Å². The van der Waals surface area contributed by atoms with Crippen molar-refractivity contribution in [1.82, 2.24) is 4.90 Å². The number of piperidine rings is 1. The number of para-hydroxylation sites is 2. The lowest BCUT2D eigenvalue weighted by molar-refractivity contribution is -0.134. The van der Waals surface area contributed by atoms with Crippen molar-refractivity contribution in [2.75, 3.05) is 25.5 Å². The van der Waals surface area contributed by atoms with E-state index in [0.717, 1.165) is 19.3 Å². The summed E-state index contributed by atoms with van der Waals surface area (Å²) in [5.74, 6) is 0.820. The van der Waals surface area contributed by atoms with Gasteiger partial charge in [-0.2, -0.15) is 0 Å². The number of methoxy groups -OCH3 is 1. The molecule has 0 aliphatic carbocycles. The number of nitrogens with zero attached hydrogens (tertiary/aromatic N) is 1. The predicted molar refractivity (Wildman–Crippen MR) is 85.8 cm³/mol. The third-order valence-corrected chi connectivity index (χ3v) is 4.05. The minimum atomic E-state index is -0.0458. The number of hydrogen-bond donors (Lipinski definition) is 1. The van der Waals surface area contributed by atoms with E-state index in [1.165, 1.54) is 0 Å². The van der Waals surface area contributed by atoms with E-state index >= 15 is 0 Å². The molecule has 0 aromatic heterocycles. The van der Waals surface area contributed by atoms with Gasteiger partial charge >= 0.3 is 0 Å². The third kappa shape index (κ3) is 4.00. The molecule has 1 aliphatic rings. The first-order chi connectivity index (χ1) is 10.7. The zero-order chi connectivity index (χ0) is 15.9. The van der Waals surface area contributed by atoms with E-state index in [1.807, 2.05) is 36.1 Å². The van der Waals surface area contributed by atoms with Gasteiger partial charge in [0, 0.05) is 25.4 Å². The van der Waals surface area contributed by atoms with Crippen molar-refractivity contribution in [1.29, 1.82) is 0 Å². The fourth-order valence-corrected chi connectivity index (χ4v) is 2.75. The number of rotatable bonds is 5. The number of amides is 2. The molecule has 0 radical (unpaired) electrons. The van der Waals surface area contributed by atoms with Gasteiger partial charge in [-0.1, -0.05) is 19.1 Å². The first-order valence-corrected chi connectivity index (χ1v) is 7.87. The van der Waals surface area contributed by atoms with Gasteiger partial charge in [-0.15, -0.1) is 0 Å². The molecule has 0 spiro atoms. The van der Waals surface area contributed by atoms with Crippen molar-refractivity contribution >= 4 is 17.5 Å². The maximum Gasteiger partial charge on any atom is 0.227 e. The van der Waals surface area contributed by atoms with Gasteiger partial charge in [0.05, 0.1) is 12.8 Å². The lowest BCUT2D eigenvalue weighted by Crippen LogP contribution is -2.41. The number of benzene rings is 1. The van der Waals surface area contributed by atoms with Gasteiger partial charge < -0.3 is 15.0 Å². The number of nitrogens with one attached hydrogen (secondary N) is 1. The van der Waals surface area contributed by atoms with Gasteiger partial charge in [0.25, 0.3) is 0 Å². The molecule has 0 unspecified atom stereocenters. The molecule has 5 heteroatoms. The van der Waals surface area contributed by atoms with Crippen LogP contribution in [0, 0.1) is 5.92 Å². The Morgan fingerprint density at radius 2 is 1.95 bits per heavy atom. The Bertz CT molecular complexity index is 522. The first-order valence-electron chi connectivity index (χ1n) is 7.87. The molecule has 22 heavy (non-hydrogen) atoms. The van der Waals surface area contributed by atoms with Crippen molar-refractivity contribution in [2.45, 2.75) is 32.6 Å². The molecule has 1 aliphatic heterocycles. The Balaban J connectivity index is 1.89. The number of likely N-dealkylation sites (tertiary alicyclic amines) is 1. The van der Waals surface area contributed by atoms with Crippen molar-refractivity contribution < 1.29 is 14.3 Å². The molecule has 1 aromatic carbocycles. The van der Waals surface area contributed by atoms with Crippen LogP contribution in [0.1, 0.15) is 32.6 Å². The van der Waals surface area contributed by atoms with E-state index in [2.05, 4.69) is 5.32 Å². The van der Waals surface area contributed by atoms with Gasteiger partial charge in [-0.25, -0.2) is 0 Å². The molecule has 2 amide bonds. The maximum absolute atomic E-state index is 12.4. The van der Waals surface area contributed by atoms with Crippen LogP contribution in [0.2, 0.25) is 0 Å². The Kier molecular flexibility index (Phi) is 5.81. The van der Waals surface area contributed by atoms with E-state index in [4.69, 9.17) is 4.74 Å². The molecule has 2 rings (SSSR count). The minimum Gasteiger partial charge on any atom is -0.495 e. The van der Waals surface area contributed by atoms with E-state index in [9.17, 15) is 9.59 Å². The Morgan fingerprint density at radius 1 is 1.27 bits per heavy atom. The number of ether oxygens (including phenoxy) is 1. The number of carbonyl (C=O) groups is 2. The largest absolute Gasteiger partial charge is 0.495 e. The molecule has 0 bridgehead atoms. The van der Waals surface area contributed by atoms with Crippen molar-refractivity contribution in [3.63, 3.8) is 0 Å². The smallest absolute Gasteiger partial charge is 0.227 e. The monoisotopic (exact) mass is 304 g/mol. The van der Waals surface area contributed by atoms with E-state index < -0.39 is 0 Å². The zero-order valence-electron chi connectivity index (χ0n) is 13.3. The lowest BCUT2D eigenvalue weighted by Gasteiger charge is -2.31. The minimum absolute atomic E-state index is 0.00657. The molecule has 120 valence electrons. The van der Waals surface area contributed by atoms with Crippen LogP contribution < -0.4 is 10.1 Å². The Hall–Kier alpha value is -2.04. The second kappa shape index (κ2) is 7.82. The summed E-state index contributed by atoms with van der Waals surface area (Å²) in [6.45, 7) is 3.34. The molecule has 0 saturated carbocycles. The highest BCUT2D eigenvalue weighted by molar-refractivity contribution is 5.94. The molecule has 5 nitrogen and oxygen atoms in total. The van der Waals surface area contributed by atoms with Crippen LogP contribution in [0.5, 0.6) is 5.75 Å². The fraction of sp³-hybridized carbons (Fsp3) is 0.529. The average molecular weight is 304 g/mol. The molecular weight excluding hydrogens is 280 g/mol. The van der Waals surface area contributed by atoms with Gasteiger partial charge in [-0.3, -0.25) is 9.59 Å². The van der Waals surface area contributed by atoms with Gasteiger partial charge in [0.15, 0.2) is 0 Å². The highest BCUT2D eigenvalue weighted by atomic mass is 16.5. The predicted octanol–water partition coefficient (Wildman–Crippen LogP) is 2.67. The number of anilines is 1. The standard InChI is InChI=1S/C17H24N2O3/c1-3-6-16(20)19-11-9-13(10-12-19)17(21)18-14-7-4-5-8-15(14)22-2/h4-5,7-8,13H,3,6,9-12H2,1-2H3,(H,18,21). The van der Waals surface area contributed by atoms with Crippen molar-refractivity contribution in [3.8, 4) is 5.75 Å². The molecule has 1 heterocycles. The molecule has 1 N–H and O–H groups in total. The quantitative estimate of drug-likeness (QED) is 0.910. The summed E-state index contributed by atoms with van der Waals surface area (Å²) in [6.07, 6.45) is 2.90. The van der Waals surface area contributed by atoms with Gasteiger partial charge in [-0.05, 0) is 31.4 Å². The first kappa shape index (κ1) is 16.3. The topological polar surface area (TPSA) is 58.6 Å². The summed E-state index contributed by atoms with van der Waals surface area (Å²) in [5, 5.41) is 2.93. The second-order valence-corrected chi connectivity index (χ2v) is 5.59. The van der Waals surface area contributed by atoms with E-state index in [0.29, 0.717) is 30.9 Å². The van der Waals surface area contributed by atoms with Crippen LogP contribution in [0.4, 0.5) is 5.69 Å². The highest BCUT2D eigenvalue weighted by Crippen LogP contribution is 2.25. The van der Waals surface area contributed by atoms with Gasteiger partial charge in [0.2, 0.25) is 11.8 Å². The van der Waals surface area contributed by atoms with Crippen LogP contribution in [0.15, 0.2) is 24.3 Å². The lowest BCUT2D eigenvalue weighted by atomic mass is 9.95. The normalized spacial score (nSPS) is 15.5. The summed E-state index contributed by atoms with van der Waals surface area (Å²) < 4.78 is 5.24. The second-order valence-electron chi connectivity index (χ2n) is 5.59. The summed E-state index contributed by atoms with van der Waals surface area (Å²) in [7, 11) is 1.59. The molecule has 1 saturated heterocycles. The highest BCUT2D eigenvalue weighted by Gasteiger charge is 2.27. The number of hydrogen-bond acceptors (Lipinski definition) is 3. The summed E-state index contributed by atoms with van der Waals surface area (Å²) in [6, 6.07) is 7.38.